The Kier molecular flexibility index (Phi) is 6.06. The first kappa shape index (κ1) is 19.5. The summed E-state index contributed by atoms with van der Waals surface area (Å²) in [5, 5.41) is 0.599. The van der Waals surface area contributed by atoms with E-state index in [2.05, 4.69) is 0 Å². The summed E-state index contributed by atoms with van der Waals surface area (Å²) in [5.74, 6) is -1.86. The van der Waals surface area contributed by atoms with Crippen molar-refractivity contribution >= 4 is 40.8 Å². The fourth-order valence-electron chi connectivity index (χ4n) is 1.90. The van der Waals surface area contributed by atoms with Crippen LogP contribution in [0.1, 0.15) is 10.4 Å². The number of anilines is 1. The molecule has 138 valence electrons. The first-order chi connectivity index (χ1) is 12.2. The van der Waals surface area contributed by atoms with Gasteiger partial charge in [-0.15, -0.1) is 0 Å². The highest BCUT2D eigenvalue weighted by Crippen LogP contribution is 2.27. The minimum Gasteiger partial charge on any atom is -0.480 e. The minimum absolute atomic E-state index is 0.200. The third kappa shape index (κ3) is 4.44. The van der Waals surface area contributed by atoms with Gasteiger partial charge in [0.25, 0.3) is 5.56 Å². The zero-order valence-electron chi connectivity index (χ0n) is 13.4. The van der Waals surface area contributed by atoms with Gasteiger partial charge in [0.15, 0.2) is 13.2 Å². The summed E-state index contributed by atoms with van der Waals surface area (Å²) in [4.78, 5) is 48.7. The molecule has 0 amide bonds. The number of Topliss-reactive ketones (excluding diaryl/α,β-unsaturated/α-hetero) is 1. The van der Waals surface area contributed by atoms with Gasteiger partial charge in [-0.05, 0) is 18.2 Å². The lowest BCUT2D eigenvalue weighted by Gasteiger charge is -2.09. The first-order valence-corrected chi connectivity index (χ1v) is 7.81. The number of nitrogens with zero attached hydrogens (tertiary/aromatic N) is 1. The number of ether oxygens (including phenoxy) is 2. The molecule has 0 unspecified atom stereocenters. The second kappa shape index (κ2) is 8.07. The molecule has 9 nitrogen and oxygen atoms in total. The summed E-state index contributed by atoms with van der Waals surface area (Å²) < 4.78 is 10.8. The third-order valence-corrected chi connectivity index (χ3v) is 3.78. The Morgan fingerprint density at radius 2 is 1.92 bits per heavy atom. The Balaban J connectivity index is 1.97. The smallest absolute Gasteiger partial charge is 0.344 e. The summed E-state index contributed by atoms with van der Waals surface area (Å²) in [6, 6.07) is 4.42. The zero-order chi connectivity index (χ0) is 19.4. The van der Waals surface area contributed by atoms with E-state index >= 15 is 0 Å². The van der Waals surface area contributed by atoms with Gasteiger partial charge in [-0.1, -0.05) is 23.2 Å². The molecule has 1 aromatic carbocycles. The number of hydrogen-bond donors (Lipinski definition) is 2. The van der Waals surface area contributed by atoms with Crippen molar-refractivity contribution in [1.29, 1.82) is 0 Å². The molecule has 2 aromatic rings. The molecule has 1 aromatic heterocycles. The largest absolute Gasteiger partial charge is 0.480 e. The number of halogens is 2. The summed E-state index contributed by atoms with van der Waals surface area (Å²) >= 11 is 11.6. The van der Waals surface area contributed by atoms with E-state index in [1.807, 2.05) is 4.98 Å². The molecule has 0 saturated heterocycles. The second-order valence-electron chi connectivity index (χ2n) is 5.03. The van der Waals surface area contributed by atoms with E-state index in [0.717, 1.165) is 4.57 Å². The molecule has 26 heavy (non-hydrogen) atoms. The number of aromatic nitrogens is 2. The van der Waals surface area contributed by atoms with Crippen LogP contribution in [0.25, 0.3) is 0 Å². The summed E-state index contributed by atoms with van der Waals surface area (Å²) in [5.41, 5.74) is 3.38. The van der Waals surface area contributed by atoms with Crippen LogP contribution in [0.5, 0.6) is 5.75 Å². The molecule has 0 fully saturated rings. The number of benzene rings is 1. The van der Waals surface area contributed by atoms with Crippen molar-refractivity contribution in [3.05, 3.63) is 54.6 Å². The van der Waals surface area contributed by atoms with E-state index in [1.165, 1.54) is 25.2 Å². The molecule has 0 radical (unpaired) electrons. The van der Waals surface area contributed by atoms with Crippen molar-refractivity contribution in [2.24, 2.45) is 7.05 Å². The number of nitrogen functional groups attached to an aromatic ring is 1. The number of aromatic amines is 1. The molecule has 0 aliphatic heterocycles. The summed E-state index contributed by atoms with van der Waals surface area (Å²) in [6.07, 6.45) is 0. The van der Waals surface area contributed by atoms with Gasteiger partial charge in [0.1, 0.15) is 17.1 Å². The Hall–Kier alpha value is -2.78. The second-order valence-corrected chi connectivity index (χ2v) is 5.87. The van der Waals surface area contributed by atoms with E-state index in [0.29, 0.717) is 5.02 Å². The number of esters is 1. The van der Waals surface area contributed by atoms with Crippen LogP contribution in [0, 0.1) is 0 Å². The van der Waals surface area contributed by atoms with Crippen molar-refractivity contribution in [2.75, 3.05) is 18.9 Å². The van der Waals surface area contributed by atoms with Gasteiger partial charge in [-0.3, -0.25) is 19.1 Å². The fourth-order valence-corrected chi connectivity index (χ4v) is 2.36. The van der Waals surface area contributed by atoms with Crippen LogP contribution in [0.15, 0.2) is 27.8 Å². The van der Waals surface area contributed by atoms with Gasteiger partial charge in [0.05, 0.1) is 5.02 Å². The van der Waals surface area contributed by atoms with Gasteiger partial charge >= 0.3 is 11.7 Å². The average Bonchev–Trinajstić information content (AvgIpc) is 2.57. The monoisotopic (exact) mass is 401 g/mol. The molecule has 0 bridgehead atoms. The average molecular weight is 402 g/mol. The molecule has 0 saturated carbocycles. The Morgan fingerprint density at radius 3 is 2.58 bits per heavy atom. The maximum atomic E-state index is 12.1. The zero-order valence-corrected chi connectivity index (χ0v) is 14.9. The van der Waals surface area contributed by atoms with E-state index in [4.69, 9.17) is 38.4 Å². The molecule has 0 aliphatic carbocycles. The standard InChI is InChI=1S/C15H13Cl2N3O6/c1-20-13(18)12(14(23)19-15(20)24)9(21)5-26-11(22)6-25-10-3-2-7(16)4-8(10)17/h2-4H,5-6,18H2,1H3,(H,19,23,24). The third-order valence-electron chi connectivity index (χ3n) is 3.25. The van der Waals surface area contributed by atoms with E-state index in [-0.39, 0.29) is 16.6 Å². The number of H-pyrrole nitrogens is 1. The van der Waals surface area contributed by atoms with E-state index in [1.54, 1.807) is 0 Å². The predicted octanol–water partition coefficient (Wildman–Crippen LogP) is 0.767. The van der Waals surface area contributed by atoms with Crippen molar-refractivity contribution in [3.63, 3.8) is 0 Å². The van der Waals surface area contributed by atoms with Crippen molar-refractivity contribution < 1.29 is 19.1 Å². The quantitative estimate of drug-likeness (QED) is 0.539. The number of hydrogen-bond acceptors (Lipinski definition) is 7. The Morgan fingerprint density at radius 1 is 1.23 bits per heavy atom. The number of nitrogens with two attached hydrogens (primary N) is 1. The Bertz CT molecular complexity index is 982. The van der Waals surface area contributed by atoms with Crippen LogP contribution >= 0.6 is 23.2 Å². The number of rotatable bonds is 6. The molecular weight excluding hydrogens is 389 g/mol. The Labute approximate surface area is 156 Å². The highest BCUT2D eigenvalue weighted by molar-refractivity contribution is 6.35. The minimum atomic E-state index is -0.962. The normalized spacial score (nSPS) is 10.4. The lowest BCUT2D eigenvalue weighted by molar-refractivity contribution is -0.144. The molecule has 2 rings (SSSR count). The van der Waals surface area contributed by atoms with Gasteiger partial charge < -0.3 is 15.2 Å². The molecule has 11 heteroatoms. The highest BCUT2D eigenvalue weighted by Gasteiger charge is 2.19. The van der Waals surface area contributed by atoms with Crippen LogP contribution in [0.2, 0.25) is 10.0 Å². The highest BCUT2D eigenvalue weighted by atomic mass is 35.5. The summed E-state index contributed by atoms with van der Waals surface area (Å²) in [7, 11) is 1.28. The van der Waals surface area contributed by atoms with Crippen molar-refractivity contribution in [3.8, 4) is 5.75 Å². The maximum absolute atomic E-state index is 12.1. The topological polar surface area (TPSA) is 133 Å². The van der Waals surface area contributed by atoms with Crippen LogP contribution in [-0.4, -0.2) is 34.5 Å². The molecule has 3 N–H and O–H groups in total. The van der Waals surface area contributed by atoms with E-state index < -0.39 is 41.8 Å². The first-order valence-electron chi connectivity index (χ1n) is 7.06. The van der Waals surface area contributed by atoms with Crippen LogP contribution in [0.3, 0.4) is 0 Å². The predicted molar refractivity (Wildman–Crippen MR) is 94.0 cm³/mol. The number of nitrogens with one attached hydrogen (secondary N) is 1. The molecule has 0 spiro atoms. The van der Waals surface area contributed by atoms with Crippen LogP contribution in [0.4, 0.5) is 5.82 Å². The van der Waals surface area contributed by atoms with Gasteiger partial charge in [-0.2, -0.15) is 0 Å². The van der Waals surface area contributed by atoms with Crippen LogP contribution < -0.4 is 21.7 Å². The SMILES string of the molecule is Cn1c(N)c(C(=O)COC(=O)COc2ccc(Cl)cc2Cl)c(=O)[nH]c1=O. The number of carbonyl (C=O) groups is 2. The van der Waals surface area contributed by atoms with E-state index in [9.17, 15) is 19.2 Å². The molecule has 1 heterocycles. The van der Waals surface area contributed by atoms with Crippen molar-refractivity contribution in [2.45, 2.75) is 0 Å². The maximum Gasteiger partial charge on any atom is 0.344 e. The van der Waals surface area contributed by atoms with Gasteiger partial charge in [0, 0.05) is 12.1 Å². The molecular formula is C15H13Cl2N3O6. The van der Waals surface area contributed by atoms with Gasteiger partial charge in [-0.25, -0.2) is 9.59 Å². The number of carbonyl (C=O) groups excluding carboxylic acids is 2. The molecule has 0 atom stereocenters. The van der Waals surface area contributed by atoms with Gasteiger partial charge in [0.2, 0.25) is 5.78 Å². The fraction of sp³-hybridized carbons (Fsp3) is 0.200. The lowest BCUT2D eigenvalue weighted by atomic mass is 10.2. The van der Waals surface area contributed by atoms with Crippen molar-refractivity contribution in [1.82, 2.24) is 9.55 Å². The summed E-state index contributed by atoms with van der Waals surface area (Å²) in [6.45, 7) is -1.27. The lowest BCUT2D eigenvalue weighted by Crippen LogP contribution is -2.36. The van der Waals surface area contributed by atoms with Crippen LogP contribution in [-0.2, 0) is 16.6 Å². The molecule has 0 aliphatic rings. The number of ketones is 1.